The number of imidazole rings is 2. The molecule has 380 valence electrons. The molecule has 1 fully saturated rings. The third kappa shape index (κ3) is 14.1. The van der Waals surface area contributed by atoms with Gasteiger partial charge in [0, 0.05) is 77.5 Å². The number of amides is 2. The molecule has 73 heavy (non-hydrogen) atoms. The lowest BCUT2D eigenvalue weighted by Gasteiger charge is -2.33. The van der Waals surface area contributed by atoms with E-state index < -0.39 is 6.09 Å². The van der Waals surface area contributed by atoms with Crippen molar-refractivity contribution in [1.29, 1.82) is 0 Å². The number of aromatic amines is 1. The van der Waals surface area contributed by atoms with Gasteiger partial charge < -0.3 is 24.7 Å². The van der Waals surface area contributed by atoms with Gasteiger partial charge in [0.15, 0.2) is 0 Å². The van der Waals surface area contributed by atoms with Gasteiger partial charge in [-0.3, -0.25) is 23.5 Å². The van der Waals surface area contributed by atoms with E-state index in [1.165, 1.54) is 22.3 Å². The van der Waals surface area contributed by atoms with Crippen LogP contribution in [-0.2, 0) is 49.2 Å². The minimum Gasteiger partial charge on any atom is -0.448 e. The number of aromatic nitrogens is 4. The molecule has 2 aromatic heterocycles. The van der Waals surface area contributed by atoms with Gasteiger partial charge >= 0.3 is 23.6 Å². The lowest BCUT2D eigenvalue weighted by Crippen LogP contribution is -2.43. The Balaban J connectivity index is 0.000000196. The third-order valence-corrected chi connectivity index (χ3v) is 13.7. The first-order valence-corrected chi connectivity index (χ1v) is 25.4. The fourth-order valence-electron chi connectivity index (χ4n) is 9.48. The Morgan fingerprint density at radius 3 is 1.55 bits per heavy atom. The van der Waals surface area contributed by atoms with Crippen LogP contribution in [0.15, 0.2) is 179 Å². The molecule has 6 aromatic carbocycles. The predicted octanol–water partition coefficient (Wildman–Crippen LogP) is 9.74. The van der Waals surface area contributed by atoms with E-state index >= 15 is 0 Å². The number of aryl methyl sites for hydroxylation is 2. The topological polar surface area (TPSA) is 139 Å². The highest BCUT2D eigenvalue weighted by Gasteiger charge is 2.28. The lowest BCUT2D eigenvalue weighted by atomic mass is 10.0. The number of hydrogen-bond donors (Lipinski definition) is 2. The summed E-state index contributed by atoms with van der Waals surface area (Å²) in [6.07, 6.45) is 1.36. The minimum absolute atomic E-state index is 0.00188. The van der Waals surface area contributed by atoms with E-state index in [2.05, 4.69) is 107 Å². The maximum Gasteiger partial charge on any atom is 0.409 e. The molecule has 3 heterocycles. The number of piperidine rings is 1. The van der Waals surface area contributed by atoms with Gasteiger partial charge in [-0.1, -0.05) is 146 Å². The zero-order valence-corrected chi connectivity index (χ0v) is 42.2. The van der Waals surface area contributed by atoms with Gasteiger partial charge in [0.1, 0.15) is 13.2 Å². The Bertz CT molecular complexity index is 3010. The van der Waals surface area contributed by atoms with Crippen LogP contribution in [-0.4, -0.2) is 90.5 Å². The number of carbonyl (C=O) groups excluding carboxylic acids is 2. The standard InChI is InChI=1S/C31H36N4O3.C28H32N4O3/c1-24(34(21-25-11-5-3-6-12-25)22-26-13-7-4-8-14-26)23-38-31(37)33-19-17-27(18-20-33)35-29-16-10-9-15-28(29)32(2)30(35)36;1-22(31(19-23-11-4-2-5-12-23)20-24-13-6-3-7-14-24)21-35-28(34)29-17-10-18-32-26-16-9-8-15-25(26)30-27(32)33/h3-16,24,27H,17-23H2,1-2H3;2-9,11-16,22H,10,17-21H2,1H3,(H,29,34)(H,30,33)/t24-;22-/m00/s1. The van der Waals surface area contributed by atoms with Crippen molar-refractivity contribution in [2.24, 2.45) is 7.05 Å². The summed E-state index contributed by atoms with van der Waals surface area (Å²) in [5, 5.41) is 2.80. The first-order valence-electron chi connectivity index (χ1n) is 25.4. The number of rotatable bonds is 19. The number of likely N-dealkylation sites (tertiary alicyclic amines) is 1. The molecular weight excluding hydrogens is 917 g/mol. The van der Waals surface area contributed by atoms with Crippen molar-refractivity contribution in [2.75, 3.05) is 32.8 Å². The average Bonchev–Trinajstić information content (AvgIpc) is 3.89. The van der Waals surface area contributed by atoms with E-state index in [1.807, 2.05) is 109 Å². The molecule has 8 aromatic rings. The molecule has 9 rings (SSSR count). The number of H-pyrrole nitrogens is 1. The zero-order chi connectivity index (χ0) is 50.9. The van der Waals surface area contributed by atoms with E-state index in [0.29, 0.717) is 39.2 Å². The number of nitrogens with one attached hydrogen (secondary N) is 2. The van der Waals surface area contributed by atoms with Crippen molar-refractivity contribution in [3.63, 3.8) is 0 Å². The van der Waals surface area contributed by atoms with Gasteiger partial charge in [-0.2, -0.15) is 0 Å². The van der Waals surface area contributed by atoms with Crippen LogP contribution >= 0.6 is 0 Å². The van der Waals surface area contributed by atoms with Crippen molar-refractivity contribution in [3.05, 3.63) is 213 Å². The fourth-order valence-corrected chi connectivity index (χ4v) is 9.48. The van der Waals surface area contributed by atoms with Gasteiger partial charge in [-0.15, -0.1) is 0 Å². The molecule has 2 atom stereocenters. The highest BCUT2D eigenvalue weighted by molar-refractivity contribution is 5.76. The third-order valence-electron chi connectivity index (χ3n) is 13.7. The number of carbonyl (C=O) groups is 2. The molecule has 0 bridgehead atoms. The Hall–Kier alpha value is -7.68. The normalized spacial score (nSPS) is 13.7. The van der Waals surface area contributed by atoms with Gasteiger partial charge in [0.05, 0.1) is 22.1 Å². The Labute approximate surface area is 427 Å². The molecule has 0 unspecified atom stereocenters. The van der Waals surface area contributed by atoms with E-state index in [0.717, 1.165) is 61.1 Å². The second kappa shape index (κ2) is 25.6. The van der Waals surface area contributed by atoms with Crippen molar-refractivity contribution >= 4 is 34.3 Å². The number of ether oxygens (including phenoxy) is 2. The maximum absolute atomic E-state index is 13.0. The number of para-hydroxylation sites is 4. The van der Waals surface area contributed by atoms with E-state index in [9.17, 15) is 19.2 Å². The Morgan fingerprint density at radius 2 is 1.04 bits per heavy atom. The number of nitrogens with zero attached hydrogens (tertiary/aromatic N) is 6. The molecule has 2 amide bonds. The molecule has 14 nitrogen and oxygen atoms in total. The summed E-state index contributed by atoms with van der Waals surface area (Å²) in [7, 11) is 1.81. The van der Waals surface area contributed by atoms with Crippen molar-refractivity contribution in [2.45, 2.75) is 84.0 Å². The first kappa shape index (κ1) is 51.7. The van der Waals surface area contributed by atoms with Crippen LogP contribution in [0.25, 0.3) is 22.1 Å². The van der Waals surface area contributed by atoms with E-state index in [1.54, 1.807) is 14.0 Å². The quantitative estimate of drug-likeness (QED) is 0.0765. The highest BCUT2D eigenvalue weighted by atomic mass is 16.6. The zero-order valence-electron chi connectivity index (χ0n) is 42.2. The fraction of sp³-hybridized carbons (Fsp3) is 0.322. The van der Waals surface area contributed by atoms with Crippen molar-refractivity contribution in [3.8, 4) is 0 Å². The van der Waals surface area contributed by atoms with Crippen LogP contribution in [0.1, 0.15) is 61.4 Å². The molecule has 1 saturated heterocycles. The molecule has 0 saturated carbocycles. The summed E-state index contributed by atoms with van der Waals surface area (Å²) >= 11 is 0. The number of alkyl carbamates (subject to hydrolysis) is 1. The average molecular weight is 985 g/mol. The summed E-state index contributed by atoms with van der Waals surface area (Å²) in [5.74, 6) is 0. The Kier molecular flexibility index (Phi) is 18.1. The van der Waals surface area contributed by atoms with Gasteiger partial charge in [-0.25, -0.2) is 19.2 Å². The van der Waals surface area contributed by atoms with Crippen LogP contribution in [0.4, 0.5) is 9.59 Å². The van der Waals surface area contributed by atoms with Gasteiger partial charge in [0.2, 0.25) is 0 Å². The van der Waals surface area contributed by atoms with Crippen LogP contribution in [0, 0.1) is 0 Å². The van der Waals surface area contributed by atoms with E-state index in [-0.39, 0.29) is 42.2 Å². The smallest absolute Gasteiger partial charge is 0.409 e. The van der Waals surface area contributed by atoms with E-state index in [4.69, 9.17) is 9.47 Å². The maximum atomic E-state index is 13.0. The number of benzene rings is 6. The predicted molar refractivity (Wildman–Crippen MR) is 288 cm³/mol. The summed E-state index contributed by atoms with van der Waals surface area (Å²) in [5.41, 5.74) is 8.31. The minimum atomic E-state index is -0.442. The highest BCUT2D eigenvalue weighted by Crippen LogP contribution is 2.26. The molecule has 1 aliphatic heterocycles. The molecule has 0 aliphatic carbocycles. The summed E-state index contributed by atoms with van der Waals surface area (Å²) < 4.78 is 16.6. The molecule has 1 aliphatic rings. The summed E-state index contributed by atoms with van der Waals surface area (Å²) in [4.78, 5) is 59.6. The monoisotopic (exact) mass is 985 g/mol. The SMILES string of the molecule is C[C@@H](COC(=O)N1CCC(n2c(=O)n(C)c3ccccc32)CC1)N(Cc1ccccc1)Cc1ccccc1.C[C@@H](COC(=O)NCCCn1c(=O)[nH]c2ccccc21)N(Cc1ccccc1)Cc1ccccc1. The van der Waals surface area contributed by atoms with Crippen LogP contribution in [0.2, 0.25) is 0 Å². The molecule has 0 radical (unpaired) electrons. The molecule has 2 N–H and O–H groups in total. The van der Waals surface area contributed by atoms with Crippen molar-refractivity contribution < 1.29 is 19.1 Å². The molecule has 0 spiro atoms. The lowest BCUT2D eigenvalue weighted by molar-refractivity contribution is 0.0567. The second-order valence-corrected chi connectivity index (χ2v) is 18.9. The van der Waals surface area contributed by atoms with Crippen molar-refractivity contribution in [1.82, 2.24) is 38.7 Å². The van der Waals surface area contributed by atoms with Crippen LogP contribution in [0.3, 0.4) is 0 Å². The van der Waals surface area contributed by atoms with Gasteiger partial charge in [-0.05, 0) is 79.6 Å². The summed E-state index contributed by atoms with van der Waals surface area (Å²) in [6, 6.07) is 57.0. The van der Waals surface area contributed by atoms with Crippen LogP contribution in [0.5, 0.6) is 0 Å². The molecule has 14 heteroatoms. The molecular formula is C59H68N8O6. The summed E-state index contributed by atoms with van der Waals surface area (Å²) in [6.45, 7) is 9.96. The number of fused-ring (bicyclic) bond motifs is 2. The van der Waals surface area contributed by atoms with Gasteiger partial charge in [0.25, 0.3) is 0 Å². The second-order valence-electron chi connectivity index (χ2n) is 18.9. The largest absolute Gasteiger partial charge is 0.448 e. The number of hydrogen-bond acceptors (Lipinski definition) is 8. The Morgan fingerprint density at radius 1 is 0.603 bits per heavy atom. The first-order chi connectivity index (χ1) is 35.6. The van der Waals surface area contributed by atoms with Crippen LogP contribution < -0.4 is 16.7 Å².